The van der Waals surface area contributed by atoms with Crippen LogP contribution in [-0.2, 0) is 0 Å². The Bertz CT molecular complexity index is 424. The fourth-order valence-corrected chi connectivity index (χ4v) is 2.60. The van der Waals surface area contributed by atoms with E-state index >= 15 is 0 Å². The highest BCUT2D eigenvalue weighted by Gasteiger charge is 2.46. The minimum absolute atomic E-state index is 0.179. The van der Waals surface area contributed by atoms with Crippen molar-refractivity contribution in [2.45, 2.75) is 39.7 Å². The van der Waals surface area contributed by atoms with E-state index in [9.17, 15) is 0 Å². The maximum absolute atomic E-state index is 5.76. The predicted molar refractivity (Wildman–Crippen MR) is 69.9 cm³/mol. The molecule has 0 aromatic heterocycles. The van der Waals surface area contributed by atoms with Crippen molar-refractivity contribution in [1.29, 1.82) is 0 Å². The van der Waals surface area contributed by atoms with Crippen LogP contribution in [0.3, 0.4) is 0 Å². The van der Waals surface area contributed by atoms with Crippen LogP contribution in [0, 0.1) is 19.3 Å². The van der Waals surface area contributed by atoms with E-state index in [4.69, 9.17) is 10.6 Å². The monoisotopic (exact) mass is 234 g/mol. The lowest BCUT2D eigenvalue weighted by Gasteiger charge is -2.27. The highest BCUT2D eigenvalue weighted by molar-refractivity contribution is 5.46. The molecule has 1 aromatic carbocycles. The lowest BCUT2D eigenvalue weighted by atomic mass is 9.88. The Kier molecular flexibility index (Phi) is 3.15. The number of nitrogens with two attached hydrogens (primary N) is 1. The van der Waals surface area contributed by atoms with Crippen molar-refractivity contribution < 1.29 is 4.74 Å². The molecule has 0 aliphatic heterocycles. The standard InChI is InChI=1S/C14H22N2O/c1-9-7-10(2)12(11(8-9)17-4)13(16-15)14(3)5-6-14/h7-8,13,16H,5-6,15H2,1-4H3. The summed E-state index contributed by atoms with van der Waals surface area (Å²) in [4.78, 5) is 0. The summed E-state index contributed by atoms with van der Waals surface area (Å²) in [6.45, 7) is 6.49. The maximum atomic E-state index is 5.76. The van der Waals surface area contributed by atoms with Crippen LogP contribution in [0.15, 0.2) is 12.1 Å². The van der Waals surface area contributed by atoms with Crippen LogP contribution in [0.25, 0.3) is 0 Å². The van der Waals surface area contributed by atoms with Gasteiger partial charge in [-0.1, -0.05) is 13.0 Å². The molecule has 1 aliphatic rings. The lowest BCUT2D eigenvalue weighted by Crippen LogP contribution is -2.34. The maximum Gasteiger partial charge on any atom is 0.124 e. The molecule has 1 unspecified atom stereocenters. The Balaban J connectivity index is 2.49. The first kappa shape index (κ1) is 12.4. The van der Waals surface area contributed by atoms with E-state index in [1.54, 1.807) is 7.11 Å². The average molecular weight is 234 g/mol. The summed E-state index contributed by atoms with van der Waals surface area (Å²) in [6.07, 6.45) is 2.44. The molecule has 1 atom stereocenters. The largest absolute Gasteiger partial charge is 0.496 e. The number of rotatable bonds is 4. The van der Waals surface area contributed by atoms with Crippen LogP contribution in [0.2, 0.25) is 0 Å². The van der Waals surface area contributed by atoms with Gasteiger partial charge in [0.1, 0.15) is 5.75 Å². The Morgan fingerprint density at radius 1 is 1.35 bits per heavy atom. The first-order valence-electron chi connectivity index (χ1n) is 6.13. The SMILES string of the molecule is COc1cc(C)cc(C)c1C(NN)C1(C)CC1. The molecule has 17 heavy (non-hydrogen) atoms. The molecule has 1 fully saturated rings. The van der Waals surface area contributed by atoms with Gasteiger partial charge in [0.25, 0.3) is 0 Å². The van der Waals surface area contributed by atoms with Crippen molar-refractivity contribution in [3.05, 3.63) is 28.8 Å². The van der Waals surface area contributed by atoms with E-state index in [1.165, 1.54) is 29.5 Å². The second-order valence-corrected chi connectivity index (χ2v) is 5.45. The van der Waals surface area contributed by atoms with Gasteiger partial charge in [0.05, 0.1) is 13.2 Å². The van der Waals surface area contributed by atoms with Crippen LogP contribution in [0.4, 0.5) is 0 Å². The third kappa shape index (κ3) is 2.17. The summed E-state index contributed by atoms with van der Waals surface area (Å²) in [7, 11) is 1.72. The zero-order chi connectivity index (χ0) is 12.6. The molecular formula is C14H22N2O. The Morgan fingerprint density at radius 3 is 2.47 bits per heavy atom. The van der Waals surface area contributed by atoms with Gasteiger partial charge in [0.15, 0.2) is 0 Å². The fraction of sp³-hybridized carbons (Fsp3) is 0.571. The van der Waals surface area contributed by atoms with Crippen LogP contribution in [-0.4, -0.2) is 7.11 Å². The average Bonchev–Trinajstić information content (AvgIpc) is 3.00. The van der Waals surface area contributed by atoms with Crippen LogP contribution in [0.5, 0.6) is 5.75 Å². The van der Waals surface area contributed by atoms with Gasteiger partial charge in [0, 0.05) is 5.56 Å². The first-order valence-corrected chi connectivity index (χ1v) is 6.13. The number of aryl methyl sites for hydroxylation is 2. The lowest BCUT2D eigenvalue weighted by molar-refractivity contribution is 0.345. The summed E-state index contributed by atoms with van der Waals surface area (Å²) in [5.74, 6) is 6.70. The molecule has 1 aromatic rings. The van der Waals surface area contributed by atoms with Gasteiger partial charge in [-0.25, -0.2) is 0 Å². The third-order valence-corrected chi connectivity index (χ3v) is 3.90. The summed E-state index contributed by atoms with van der Waals surface area (Å²) < 4.78 is 5.52. The molecule has 94 valence electrons. The number of nitrogens with one attached hydrogen (secondary N) is 1. The second kappa shape index (κ2) is 4.31. The summed E-state index contributed by atoms with van der Waals surface area (Å²) in [5, 5.41) is 0. The minimum Gasteiger partial charge on any atom is -0.496 e. The van der Waals surface area contributed by atoms with Gasteiger partial charge < -0.3 is 4.74 Å². The van der Waals surface area contributed by atoms with Crippen molar-refractivity contribution in [2.24, 2.45) is 11.3 Å². The topological polar surface area (TPSA) is 47.3 Å². The third-order valence-electron chi connectivity index (χ3n) is 3.90. The molecule has 0 amide bonds. The minimum atomic E-state index is 0.179. The Labute approximate surface area is 103 Å². The normalized spacial score (nSPS) is 18.9. The van der Waals surface area contributed by atoms with E-state index < -0.39 is 0 Å². The summed E-state index contributed by atoms with van der Waals surface area (Å²) >= 11 is 0. The van der Waals surface area contributed by atoms with Gasteiger partial charge in [-0.05, 0) is 49.3 Å². The highest BCUT2D eigenvalue weighted by atomic mass is 16.5. The smallest absolute Gasteiger partial charge is 0.124 e. The quantitative estimate of drug-likeness (QED) is 0.622. The molecule has 2 rings (SSSR count). The van der Waals surface area contributed by atoms with E-state index in [1.807, 2.05) is 0 Å². The zero-order valence-electron chi connectivity index (χ0n) is 11.1. The van der Waals surface area contributed by atoms with E-state index in [-0.39, 0.29) is 11.5 Å². The van der Waals surface area contributed by atoms with Gasteiger partial charge in [0.2, 0.25) is 0 Å². The summed E-state index contributed by atoms with van der Waals surface area (Å²) in [5.41, 5.74) is 6.93. The summed E-state index contributed by atoms with van der Waals surface area (Å²) in [6, 6.07) is 4.45. The fourth-order valence-electron chi connectivity index (χ4n) is 2.60. The first-order chi connectivity index (χ1) is 8.01. The number of hydrogen-bond acceptors (Lipinski definition) is 3. The van der Waals surface area contributed by atoms with Crippen molar-refractivity contribution in [1.82, 2.24) is 5.43 Å². The number of hydrazine groups is 1. The second-order valence-electron chi connectivity index (χ2n) is 5.45. The Hall–Kier alpha value is -1.06. The van der Waals surface area contributed by atoms with Gasteiger partial charge in [-0.15, -0.1) is 0 Å². The van der Waals surface area contributed by atoms with Crippen molar-refractivity contribution in [2.75, 3.05) is 7.11 Å². The number of benzene rings is 1. The Morgan fingerprint density at radius 2 is 2.00 bits per heavy atom. The molecule has 0 radical (unpaired) electrons. The van der Waals surface area contributed by atoms with Crippen LogP contribution < -0.4 is 16.0 Å². The molecule has 1 aliphatic carbocycles. The number of methoxy groups -OCH3 is 1. The van der Waals surface area contributed by atoms with E-state index in [2.05, 4.69) is 38.3 Å². The molecule has 3 heteroatoms. The van der Waals surface area contributed by atoms with Crippen molar-refractivity contribution >= 4 is 0 Å². The van der Waals surface area contributed by atoms with Crippen molar-refractivity contribution in [3.8, 4) is 5.75 Å². The molecule has 0 bridgehead atoms. The number of hydrogen-bond donors (Lipinski definition) is 2. The zero-order valence-corrected chi connectivity index (χ0v) is 11.1. The molecule has 0 heterocycles. The highest BCUT2D eigenvalue weighted by Crippen LogP contribution is 2.56. The molecular weight excluding hydrogens is 212 g/mol. The molecule has 3 N–H and O–H groups in total. The molecule has 1 saturated carbocycles. The molecule has 3 nitrogen and oxygen atoms in total. The van der Waals surface area contributed by atoms with Gasteiger partial charge in [-0.3, -0.25) is 11.3 Å². The van der Waals surface area contributed by atoms with Crippen LogP contribution >= 0.6 is 0 Å². The van der Waals surface area contributed by atoms with E-state index in [0.717, 1.165) is 5.75 Å². The van der Waals surface area contributed by atoms with Crippen LogP contribution in [0.1, 0.15) is 42.5 Å². The predicted octanol–water partition coefficient (Wildman–Crippen LogP) is 2.62. The van der Waals surface area contributed by atoms with E-state index in [0.29, 0.717) is 0 Å². The molecule has 0 spiro atoms. The van der Waals surface area contributed by atoms with Gasteiger partial charge >= 0.3 is 0 Å². The van der Waals surface area contributed by atoms with Crippen molar-refractivity contribution in [3.63, 3.8) is 0 Å². The number of ether oxygens (including phenoxy) is 1. The molecule has 0 saturated heterocycles. The van der Waals surface area contributed by atoms with Gasteiger partial charge in [-0.2, -0.15) is 0 Å².